The molecule has 0 saturated carbocycles. The van der Waals surface area contributed by atoms with Gasteiger partial charge in [-0.05, 0) is 19.4 Å². The molecule has 4 heteroatoms. The molecule has 90 valence electrons. The summed E-state index contributed by atoms with van der Waals surface area (Å²) >= 11 is 0. The van der Waals surface area contributed by atoms with E-state index in [1.807, 2.05) is 0 Å². The number of Topliss-reactive ketones (excluding diaryl/α,β-unsaturated/α-hetero) is 2. The first-order valence-electron chi connectivity index (χ1n) is 5.23. The van der Waals surface area contributed by atoms with Crippen molar-refractivity contribution in [1.29, 1.82) is 0 Å². The lowest BCUT2D eigenvalue weighted by atomic mass is 9.81. The van der Waals surface area contributed by atoms with Crippen LogP contribution in [-0.4, -0.2) is 22.6 Å². The SMILES string of the molecule is CC(=O)C(C(=O)O)C(C(C)=O)c1ccccc1. The predicted octanol–water partition coefficient (Wildman–Crippen LogP) is 1.65. The Hall–Kier alpha value is -1.97. The number of carboxylic acid groups (broad SMARTS) is 1. The van der Waals surface area contributed by atoms with Crippen molar-refractivity contribution in [2.75, 3.05) is 0 Å². The van der Waals surface area contributed by atoms with E-state index in [1.54, 1.807) is 30.3 Å². The van der Waals surface area contributed by atoms with E-state index in [0.29, 0.717) is 5.56 Å². The molecule has 0 aliphatic carbocycles. The summed E-state index contributed by atoms with van der Waals surface area (Å²) in [6, 6.07) is 8.51. The molecular formula is C13H14O4. The molecule has 2 atom stereocenters. The average Bonchev–Trinajstić information content (AvgIpc) is 2.25. The summed E-state index contributed by atoms with van der Waals surface area (Å²) < 4.78 is 0. The molecule has 1 aromatic rings. The van der Waals surface area contributed by atoms with E-state index in [9.17, 15) is 14.4 Å². The van der Waals surface area contributed by atoms with E-state index in [4.69, 9.17) is 5.11 Å². The van der Waals surface area contributed by atoms with Gasteiger partial charge in [-0.1, -0.05) is 30.3 Å². The van der Waals surface area contributed by atoms with Crippen molar-refractivity contribution in [1.82, 2.24) is 0 Å². The highest BCUT2D eigenvalue weighted by molar-refractivity contribution is 6.03. The van der Waals surface area contributed by atoms with Crippen LogP contribution < -0.4 is 0 Å². The molecule has 17 heavy (non-hydrogen) atoms. The van der Waals surface area contributed by atoms with E-state index in [2.05, 4.69) is 0 Å². The van der Waals surface area contributed by atoms with Gasteiger partial charge >= 0.3 is 5.97 Å². The van der Waals surface area contributed by atoms with Crippen molar-refractivity contribution >= 4 is 17.5 Å². The number of aliphatic carboxylic acids is 1. The summed E-state index contributed by atoms with van der Waals surface area (Å²) in [6.45, 7) is 2.49. The van der Waals surface area contributed by atoms with Crippen LogP contribution in [-0.2, 0) is 14.4 Å². The zero-order valence-corrected chi connectivity index (χ0v) is 9.71. The second kappa shape index (κ2) is 5.39. The first-order chi connectivity index (χ1) is 7.95. The molecule has 0 spiro atoms. The van der Waals surface area contributed by atoms with Gasteiger partial charge in [-0.25, -0.2) is 0 Å². The van der Waals surface area contributed by atoms with Crippen LogP contribution in [0, 0.1) is 5.92 Å². The Labute approximate surface area is 99.3 Å². The van der Waals surface area contributed by atoms with Gasteiger partial charge < -0.3 is 5.11 Å². The molecule has 2 unspecified atom stereocenters. The summed E-state index contributed by atoms with van der Waals surface area (Å²) in [7, 11) is 0. The third kappa shape index (κ3) is 3.00. The fraction of sp³-hybridized carbons (Fsp3) is 0.308. The summed E-state index contributed by atoms with van der Waals surface area (Å²) in [5, 5.41) is 9.05. The Morgan fingerprint density at radius 2 is 1.53 bits per heavy atom. The molecule has 1 aromatic carbocycles. The van der Waals surface area contributed by atoms with E-state index >= 15 is 0 Å². The molecule has 0 amide bonds. The van der Waals surface area contributed by atoms with Gasteiger partial charge in [0.25, 0.3) is 0 Å². The Bertz CT molecular complexity index is 422. The Balaban J connectivity index is 3.22. The van der Waals surface area contributed by atoms with Crippen LogP contribution in [0.3, 0.4) is 0 Å². The molecule has 1 rings (SSSR count). The quantitative estimate of drug-likeness (QED) is 0.786. The normalized spacial score (nSPS) is 13.8. The lowest BCUT2D eigenvalue weighted by molar-refractivity contribution is -0.148. The number of ketones is 2. The third-order valence-corrected chi connectivity index (χ3v) is 2.63. The maximum Gasteiger partial charge on any atom is 0.315 e. The molecule has 0 saturated heterocycles. The van der Waals surface area contributed by atoms with Gasteiger partial charge in [-0.15, -0.1) is 0 Å². The zero-order chi connectivity index (χ0) is 13.0. The molecule has 0 radical (unpaired) electrons. The second-order valence-corrected chi connectivity index (χ2v) is 3.93. The van der Waals surface area contributed by atoms with Gasteiger partial charge in [0.2, 0.25) is 0 Å². The van der Waals surface area contributed by atoms with Crippen LogP contribution in [0.4, 0.5) is 0 Å². The average molecular weight is 234 g/mol. The molecule has 1 N–H and O–H groups in total. The molecule has 0 heterocycles. The largest absolute Gasteiger partial charge is 0.481 e. The topological polar surface area (TPSA) is 71.4 Å². The van der Waals surface area contributed by atoms with Crippen molar-refractivity contribution in [3.05, 3.63) is 35.9 Å². The summed E-state index contributed by atoms with van der Waals surface area (Å²) in [5.41, 5.74) is 0.558. The lowest BCUT2D eigenvalue weighted by Crippen LogP contribution is -2.32. The third-order valence-electron chi connectivity index (χ3n) is 2.63. The van der Waals surface area contributed by atoms with Gasteiger partial charge in [0.15, 0.2) is 0 Å². The number of hydrogen-bond acceptors (Lipinski definition) is 3. The van der Waals surface area contributed by atoms with Crippen molar-refractivity contribution in [2.45, 2.75) is 19.8 Å². The van der Waals surface area contributed by atoms with Gasteiger partial charge in [0, 0.05) is 0 Å². The minimum absolute atomic E-state index is 0.321. The first-order valence-corrected chi connectivity index (χ1v) is 5.23. The van der Waals surface area contributed by atoms with Gasteiger partial charge in [-0.2, -0.15) is 0 Å². The van der Waals surface area contributed by atoms with Crippen LogP contribution in [0.5, 0.6) is 0 Å². The number of carbonyl (C=O) groups is 3. The molecule has 0 aliphatic rings. The summed E-state index contributed by atoms with van der Waals surface area (Å²) in [5.74, 6) is -4.32. The van der Waals surface area contributed by atoms with Gasteiger partial charge in [-0.3, -0.25) is 14.4 Å². The second-order valence-electron chi connectivity index (χ2n) is 3.93. The van der Waals surface area contributed by atoms with Crippen LogP contribution in [0.1, 0.15) is 25.3 Å². The smallest absolute Gasteiger partial charge is 0.315 e. The first kappa shape index (κ1) is 13.1. The highest BCUT2D eigenvalue weighted by Crippen LogP contribution is 2.26. The number of hydrogen-bond donors (Lipinski definition) is 1. The Morgan fingerprint density at radius 3 is 1.88 bits per heavy atom. The highest BCUT2D eigenvalue weighted by atomic mass is 16.4. The highest BCUT2D eigenvalue weighted by Gasteiger charge is 2.36. The number of carbonyl (C=O) groups excluding carboxylic acids is 2. The summed E-state index contributed by atoms with van der Waals surface area (Å²) in [4.78, 5) is 34.0. The fourth-order valence-electron chi connectivity index (χ4n) is 1.87. The van der Waals surface area contributed by atoms with Crippen molar-refractivity contribution in [3.8, 4) is 0 Å². The van der Waals surface area contributed by atoms with Crippen molar-refractivity contribution < 1.29 is 19.5 Å². The standard InChI is InChI=1S/C13H14O4/c1-8(14)11(10-6-4-3-5-7-10)12(9(2)15)13(16)17/h3-7,11-12H,1-2H3,(H,16,17). The van der Waals surface area contributed by atoms with Gasteiger partial charge in [0.05, 0.1) is 5.92 Å². The summed E-state index contributed by atoms with van der Waals surface area (Å²) in [6.07, 6.45) is 0. The van der Waals surface area contributed by atoms with Gasteiger partial charge in [0.1, 0.15) is 17.5 Å². The Morgan fingerprint density at radius 1 is 1.00 bits per heavy atom. The van der Waals surface area contributed by atoms with Crippen LogP contribution >= 0.6 is 0 Å². The Kier molecular flexibility index (Phi) is 4.15. The van der Waals surface area contributed by atoms with Crippen LogP contribution in [0.25, 0.3) is 0 Å². The minimum atomic E-state index is -1.31. The lowest BCUT2D eigenvalue weighted by Gasteiger charge is -2.19. The number of benzene rings is 1. The molecule has 0 fully saturated rings. The number of rotatable bonds is 5. The monoisotopic (exact) mass is 234 g/mol. The maximum absolute atomic E-state index is 11.6. The van der Waals surface area contributed by atoms with E-state index in [1.165, 1.54) is 13.8 Å². The van der Waals surface area contributed by atoms with Crippen molar-refractivity contribution in [3.63, 3.8) is 0 Å². The van der Waals surface area contributed by atoms with Crippen molar-refractivity contribution in [2.24, 2.45) is 5.92 Å². The van der Waals surface area contributed by atoms with E-state index in [0.717, 1.165) is 0 Å². The molecule has 4 nitrogen and oxygen atoms in total. The fourth-order valence-corrected chi connectivity index (χ4v) is 1.87. The predicted molar refractivity (Wildman–Crippen MR) is 61.7 cm³/mol. The minimum Gasteiger partial charge on any atom is -0.481 e. The van der Waals surface area contributed by atoms with E-state index < -0.39 is 23.6 Å². The van der Waals surface area contributed by atoms with Crippen LogP contribution in [0.2, 0.25) is 0 Å². The molecule has 0 bridgehead atoms. The van der Waals surface area contributed by atoms with Crippen LogP contribution in [0.15, 0.2) is 30.3 Å². The number of carboxylic acids is 1. The molecule has 0 aromatic heterocycles. The van der Waals surface area contributed by atoms with E-state index in [-0.39, 0.29) is 5.78 Å². The molecular weight excluding hydrogens is 220 g/mol. The molecule has 0 aliphatic heterocycles. The zero-order valence-electron chi connectivity index (χ0n) is 9.71. The maximum atomic E-state index is 11.6.